The summed E-state index contributed by atoms with van der Waals surface area (Å²) in [6, 6.07) is 29.4. The predicted octanol–water partition coefficient (Wildman–Crippen LogP) is 10.6. The molecule has 0 radical (unpaired) electrons. The Balaban J connectivity index is 0.000000260. The lowest BCUT2D eigenvalue weighted by atomic mass is 10.2. The van der Waals surface area contributed by atoms with Gasteiger partial charge >= 0.3 is 24.0 Å². The van der Waals surface area contributed by atoms with E-state index >= 15 is 0 Å². The van der Waals surface area contributed by atoms with Crippen molar-refractivity contribution in [2.45, 2.75) is 27.7 Å². The summed E-state index contributed by atoms with van der Waals surface area (Å²) in [4.78, 5) is 82.9. The number of amides is 6. The van der Waals surface area contributed by atoms with Gasteiger partial charge in [0.25, 0.3) is 11.8 Å². The normalized spacial score (nSPS) is 9.91. The van der Waals surface area contributed by atoms with Gasteiger partial charge in [-0.3, -0.25) is 20.2 Å². The van der Waals surface area contributed by atoms with Crippen molar-refractivity contribution in [1.82, 2.24) is 35.6 Å². The number of carbonyl (C=O) groups is 6. The molecule has 0 saturated heterocycles. The van der Waals surface area contributed by atoms with Crippen molar-refractivity contribution in [2.24, 2.45) is 5.11 Å². The fourth-order valence-corrected chi connectivity index (χ4v) is 6.51. The number of anilines is 8. The molecule has 7 aromatic rings. The van der Waals surface area contributed by atoms with Gasteiger partial charge in [-0.05, 0) is 118 Å². The van der Waals surface area contributed by atoms with E-state index in [1.807, 2.05) is 0 Å². The van der Waals surface area contributed by atoms with E-state index in [1.165, 1.54) is 23.3 Å². The number of hydrogen-bond acceptors (Lipinski definition) is 15. The van der Waals surface area contributed by atoms with Crippen LogP contribution in [0.3, 0.4) is 0 Å². The molecular formula is C52H50Cl2N16O8. The topological polar surface area (TPSA) is 322 Å². The van der Waals surface area contributed by atoms with Gasteiger partial charge in [-0.1, -0.05) is 45.7 Å². The van der Waals surface area contributed by atoms with Gasteiger partial charge in [0.05, 0.1) is 47.6 Å². The van der Waals surface area contributed by atoms with Crippen molar-refractivity contribution in [3.63, 3.8) is 0 Å². The Bertz CT molecular complexity index is 3290. The number of carbonyl (C=O) groups excluding carboxylic acids is 6. The first-order valence-corrected chi connectivity index (χ1v) is 24.2. The number of halogens is 2. The van der Waals surface area contributed by atoms with Crippen molar-refractivity contribution in [3.05, 3.63) is 165 Å². The Kier molecular flexibility index (Phi) is 22.7. The number of hydrogen-bond donors (Lipinski definition) is 8. The average molecular weight is 1100 g/mol. The predicted molar refractivity (Wildman–Crippen MR) is 297 cm³/mol. The van der Waals surface area contributed by atoms with Gasteiger partial charge in [-0.15, -0.1) is 11.5 Å². The quantitative estimate of drug-likeness (QED) is 0.0105. The number of urea groups is 2. The lowest BCUT2D eigenvalue weighted by Gasteiger charge is -2.14. The molecule has 6 amide bonds. The second-order valence-electron chi connectivity index (χ2n) is 15.3. The first-order chi connectivity index (χ1) is 37.6. The molecule has 0 atom stereocenters. The molecule has 400 valence electrons. The van der Waals surface area contributed by atoms with Crippen molar-refractivity contribution < 1.29 is 38.2 Å². The maximum atomic E-state index is 13.2. The first-order valence-electron chi connectivity index (χ1n) is 23.4. The summed E-state index contributed by atoms with van der Waals surface area (Å²) in [5, 5.41) is 34.8. The van der Waals surface area contributed by atoms with Crippen LogP contribution < -0.4 is 42.5 Å². The third-order valence-electron chi connectivity index (χ3n) is 9.75. The molecule has 0 aliphatic rings. The van der Waals surface area contributed by atoms with Gasteiger partial charge in [-0.2, -0.15) is 0 Å². The number of pyridine rings is 2. The van der Waals surface area contributed by atoms with Crippen molar-refractivity contribution in [1.29, 1.82) is 0 Å². The number of esters is 2. The van der Waals surface area contributed by atoms with Crippen LogP contribution in [-0.4, -0.2) is 87.1 Å². The Labute approximate surface area is 456 Å². The van der Waals surface area contributed by atoms with Crippen molar-refractivity contribution in [3.8, 4) is 18.0 Å². The molecule has 8 N–H and O–H groups in total. The average Bonchev–Trinajstić information content (AvgIpc) is 3.94. The summed E-state index contributed by atoms with van der Waals surface area (Å²) in [5.41, 5.74) is 13.4. The summed E-state index contributed by atoms with van der Waals surface area (Å²) in [6.07, 6.45) is 8.83. The highest BCUT2D eigenvalue weighted by Gasteiger charge is 2.18. The molecule has 4 aromatic carbocycles. The zero-order chi connectivity index (χ0) is 56.4. The summed E-state index contributed by atoms with van der Waals surface area (Å²) in [5.74, 6) is 0.325. The largest absolute Gasteiger partial charge is 0.461 e. The molecule has 0 fully saturated rings. The Hall–Kier alpha value is -10.2. The Morgan fingerprint density at radius 2 is 1.09 bits per heavy atom. The molecule has 3 aromatic heterocycles. The van der Waals surface area contributed by atoms with Crippen LogP contribution in [0.1, 0.15) is 58.9 Å². The first kappa shape index (κ1) is 58.7. The maximum absolute atomic E-state index is 13.2. The van der Waals surface area contributed by atoms with E-state index in [-0.39, 0.29) is 35.1 Å². The van der Waals surface area contributed by atoms with Gasteiger partial charge in [0, 0.05) is 86.9 Å². The lowest BCUT2D eigenvalue weighted by molar-refractivity contribution is -0.136. The number of ether oxygens (including phenoxy) is 2. The van der Waals surface area contributed by atoms with Crippen LogP contribution in [0.15, 0.2) is 133 Å². The standard InChI is InChI=1S/C26H25ClN8O4.C21H19ClN8O2.C5H6O2/c1-3-28-26(38)32-23-13-21(30-17-7-5-16(27)6-8-17)20(14-29-23)24(36)31-18-9-11-19(12-10-18)35-15-22(33-34-35)25(37)39-4-2;1-2-24-21(32)28-19-11-18(26-14-5-3-13(22)4-6-14)17(12-25-19)20(31)27-15-7-9-16(10-8-15)29-30-23;1-3-5(6)7-4-2/h5-15H,3-4H2,1-2H3,(H,31,36)(H3,28,29,30,32,38);3-12H,2H2,1H3,(H,27,31)(H3,24,25,26,28,32);1H,4H2,2H3. The molecule has 0 saturated carbocycles. The molecular weight excluding hydrogens is 1050 g/mol. The number of rotatable bonds is 17. The number of nitrogens with zero attached hydrogens (tertiary/aromatic N) is 8. The van der Waals surface area contributed by atoms with E-state index < -0.39 is 35.8 Å². The third kappa shape index (κ3) is 18.6. The van der Waals surface area contributed by atoms with Gasteiger partial charge < -0.3 is 41.4 Å². The minimum atomic E-state index is -0.595. The highest BCUT2D eigenvalue weighted by Crippen LogP contribution is 2.28. The SMILES string of the molecule is C#CC(=O)OCC.CCNC(=O)Nc1cc(Nc2ccc(Cl)cc2)c(C(=O)Nc2ccc(-n3cc(C(=O)OCC)nn3)cc2)cn1.CCNC(=O)Nc1cc(Nc2ccc(Cl)cc2)c(C(=O)Nc2ccc(N=[N+]=[N-])cc2)cn1. The summed E-state index contributed by atoms with van der Waals surface area (Å²) in [6.45, 7) is 8.50. The van der Waals surface area contributed by atoms with Crippen LogP contribution in [-0.2, 0) is 14.3 Å². The Morgan fingerprint density at radius 3 is 1.50 bits per heavy atom. The van der Waals surface area contributed by atoms with E-state index in [2.05, 4.69) is 84.0 Å². The molecule has 3 heterocycles. The summed E-state index contributed by atoms with van der Waals surface area (Å²) in [7, 11) is 0. The van der Waals surface area contributed by atoms with Crippen molar-refractivity contribution >= 4 is 110 Å². The second-order valence-corrected chi connectivity index (χ2v) is 16.2. The molecule has 0 bridgehead atoms. The smallest absolute Gasteiger partial charge is 0.384 e. The van der Waals surface area contributed by atoms with Crippen LogP contribution in [0.5, 0.6) is 0 Å². The molecule has 0 aliphatic heterocycles. The highest BCUT2D eigenvalue weighted by molar-refractivity contribution is 6.31. The molecule has 26 heteroatoms. The van der Waals surface area contributed by atoms with Crippen LogP contribution in [0.2, 0.25) is 10.0 Å². The molecule has 0 spiro atoms. The van der Waals surface area contributed by atoms with Crippen LogP contribution >= 0.6 is 23.2 Å². The molecule has 78 heavy (non-hydrogen) atoms. The summed E-state index contributed by atoms with van der Waals surface area (Å²) < 4.78 is 10.7. The van der Waals surface area contributed by atoms with E-state index in [0.717, 1.165) is 0 Å². The number of benzene rings is 4. The van der Waals surface area contributed by atoms with Gasteiger partial charge in [0.1, 0.15) is 11.6 Å². The monoisotopic (exact) mass is 1100 g/mol. The Morgan fingerprint density at radius 1 is 0.641 bits per heavy atom. The number of nitrogens with one attached hydrogen (secondary N) is 8. The minimum Gasteiger partial charge on any atom is -0.461 e. The fraction of sp³-hybridized carbons (Fsp3) is 0.154. The highest BCUT2D eigenvalue weighted by atomic mass is 35.5. The number of aromatic nitrogens is 5. The third-order valence-corrected chi connectivity index (χ3v) is 10.3. The van der Waals surface area contributed by atoms with Crippen LogP contribution in [0, 0.1) is 12.3 Å². The van der Waals surface area contributed by atoms with E-state index in [1.54, 1.807) is 143 Å². The number of terminal acetylenes is 1. The van der Waals surface area contributed by atoms with Crippen molar-refractivity contribution in [2.75, 3.05) is 58.2 Å². The minimum absolute atomic E-state index is 0.0903. The zero-order valence-electron chi connectivity index (χ0n) is 42.1. The lowest BCUT2D eigenvalue weighted by Crippen LogP contribution is -2.28. The van der Waals surface area contributed by atoms with E-state index in [4.69, 9.17) is 33.5 Å². The molecule has 0 unspecified atom stereocenters. The van der Waals surface area contributed by atoms with Gasteiger partial charge in [-0.25, -0.2) is 33.8 Å². The van der Waals surface area contributed by atoms with Crippen LogP contribution in [0.25, 0.3) is 16.1 Å². The van der Waals surface area contributed by atoms with Crippen LogP contribution in [0.4, 0.5) is 61.0 Å². The number of azide groups is 1. The zero-order valence-corrected chi connectivity index (χ0v) is 43.6. The van der Waals surface area contributed by atoms with Gasteiger partial charge in [0.2, 0.25) is 0 Å². The fourth-order valence-electron chi connectivity index (χ4n) is 6.25. The summed E-state index contributed by atoms with van der Waals surface area (Å²) >= 11 is 11.9. The molecule has 7 rings (SSSR count). The second kappa shape index (κ2) is 30.2. The molecule has 0 aliphatic carbocycles. The van der Waals surface area contributed by atoms with E-state index in [0.29, 0.717) is 75.2 Å². The molecule has 24 nitrogen and oxygen atoms in total. The van der Waals surface area contributed by atoms with E-state index in [9.17, 15) is 28.8 Å². The maximum Gasteiger partial charge on any atom is 0.384 e. The van der Waals surface area contributed by atoms with Gasteiger partial charge in [0.15, 0.2) is 5.69 Å².